The van der Waals surface area contributed by atoms with Crippen molar-refractivity contribution in [1.82, 2.24) is 5.32 Å². The third-order valence-electron chi connectivity index (χ3n) is 4.68. The molecule has 2 unspecified atom stereocenters. The molecule has 1 aliphatic rings. The number of hydrogen-bond acceptors (Lipinski definition) is 2. The van der Waals surface area contributed by atoms with Gasteiger partial charge in [0.2, 0.25) is 11.8 Å². The number of nitrogens with one attached hydrogen (secondary N) is 2. The van der Waals surface area contributed by atoms with Crippen LogP contribution < -0.4 is 10.6 Å². The van der Waals surface area contributed by atoms with E-state index in [1.165, 1.54) is 11.1 Å². The zero-order valence-electron chi connectivity index (χ0n) is 14.7. The van der Waals surface area contributed by atoms with Crippen molar-refractivity contribution in [2.24, 2.45) is 5.92 Å². The first kappa shape index (κ1) is 17.2. The summed E-state index contributed by atoms with van der Waals surface area (Å²) >= 11 is 0. The predicted octanol–water partition coefficient (Wildman–Crippen LogP) is 3.42. The van der Waals surface area contributed by atoms with Gasteiger partial charge in [-0.05, 0) is 55.0 Å². The Morgan fingerprint density at radius 2 is 1.80 bits per heavy atom. The lowest BCUT2D eigenvalue weighted by Crippen LogP contribution is -2.24. The highest BCUT2D eigenvalue weighted by Crippen LogP contribution is 2.48. The lowest BCUT2D eigenvalue weighted by atomic mass is 10.0. The number of carbonyl (C=O) groups is 2. The highest BCUT2D eigenvalue weighted by molar-refractivity contribution is 5.95. The second kappa shape index (κ2) is 7.51. The van der Waals surface area contributed by atoms with E-state index in [2.05, 4.69) is 29.7 Å². The van der Waals surface area contributed by atoms with Crippen LogP contribution >= 0.6 is 0 Å². The third-order valence-corrected chi connectivity index (χ3v) is 4.68. The Morgan fingerprint density at radius 1 is 1.08 bits per heavy atom. The highest BCUT2D eigenvalue weighted by Gasteiger charge is 2.44. The Kier molecular flexibility index (Phi) is 5.17. The van der Waals surface area contributed by atoms with Gasteiger partial charge in [0, 0.05) is 18.2 Å². The Labute approximate surface area is 148 Å². The molecule has 2 N–H and O–H groups in total. The zero-order chi connectivity index (χ0) is 17.8. The fourth-order valence-electron chi connectivity index (χ4n) is 3.22. The van der Waals surface area contributed by atoms with Gasteiger partial charge in [-0.3, -0.25) is 9.59 Å². The maximum Gasteiger partial charge on any atom is 0.228 e. The fourth-order valence-corrected chi connectivity index (χ4v) is 3.22. The van der Waals surface area contributed by atoms with Crippen LogP contribution in [0.25, 0.3) is 0 Å². The highest BCUT2D eigenvalue weighted by atomic mass is 16.2. The number of amides is 2. The van der Waals surface area contributed by atoms with Crippen LogP contribution in [-0.4, -0.2) is 18.4 Å². The summed E-state index contributed by atoms with van der Waals surface area (Å²) < 4.78 is 0. The number of anilines is 1. The molecule has 0 radical (unpaired) electrons. The van der Waals surface area contributed by atoms with Crippen LogP contribution in [-0.2, 0) is 16.0 Å². The van der Waals surface area contributed by atoms with Gasteiger partial charge in [-0.15, -0.1) is 0 Å². The van der Waals surface area contributed by atoms with Crippen molar-refractivity contribution in [2.45, 2.75) is 32.6 Å². The van der Waals surface area contributed by atoms with Crippen LogP contribution in [0.4, 0.5) is 5.69 Å². The molecule has 0 spiro atoms. The molecule has 1 saturated carbocycles. The molecule has 0 saturated heterocycles. The van der Waals surface area contributed by atoms with Crippen LogP contribution in [0.1, 0.15) is 36.0 Å². The molecular weight excluding hydrogens is 312 g/mol. The van der Waals surface area contributed by atoms with Crippen molar-refractivity contribution in [1.29, 1.82) is 0 Å². The van der Waals surface area contributed by atoms with E-state index in [1.54, 1.807) is 0 Å². The van der Waals surface area contributed by atoms with Gasteiger partial charge in [0.05, 0.1) is 6.42 Å². The maximum atomic E-state index is 12.4. The average Bonchev–Trinajstić information content (AvgIpc) is 3.38. The van der Waals surface area contributed by atoms with Gasteiger partial charge < -0.3 is 10.6 Å². The maximum absolute atomic E-state index is 12.4. The van der Waals surface area contributed by atoms with Crippen LogP contribution in [0.2, 0.25) is 0 Å². The summed E-state index contributed by atoms with van der Waals surface area (Å²) in [6, 6.07) is 15.8. The summed E-state index contributed by atoms with van der Waals surface area (Å²) in [6.45, 7) is 4.63. The number of benzene rings is 2. The molecule has 1 fully saturated rings. The van der Waals surface area contributed by atoms with Crippen molar-refractivity contribution in [3.8, 4) is 0 Å². The lowest BCUT2D eigenvalue weighted by Gasteiger charge is -2.08. The van der Waals surface area contributed by atoms with E-state index in [1.807, 2.05) is 43.3 Å². The molecule has 2 aromatic carbocycles. The van der Waals surface area contributed by atoms with Gasteiger partial charge >= 0.3 is 0 Å². The molecule has 0 aliphatic heterocycles. The van der Waals surface area contributed by atoms with Crippen molar-refractivity contribution in [3.05, 3.63) is 65.2 Å². The molecule has 25 heavy (non-hydrogen) atoms. The minimum absolute atomic E-state index is 0.0124. The molecule has 1 aliphatic carbocycles. The summed E-state index contributed by atoms with van der Waals surface area (Å²) in [5.41, 5.74) is 4.24. The normalized spacial score (nSPS) is 18.5. The first-order chi connectivity index (χ1) is 12.1. The molecule has 2 aromatic rings. The van der Waals surface area contributed by atoms with E-state index in [-0.39, 0.29) is 17.7 Å². The van der Waals surface area contributed by atoms with Crippen molar-refractivity contribution in [3.63, 3.8) is 0 Å². The molecule has 0 bridgehead atoms. The number of rotatable bonds is 6. The average molecular weight is 336 g/mol. The summed E-state index contributed by atoms with van der Waals surface area (Å²) in [5.74, 6) is 0.470. The first-order valence-electron chi connectivity index (χ1n) is 8.80. The molecule has 2 atom stereocenters. The topological polar surface area (TPSA) is 58.2 Å². The first-order valence-corrected chi connectivity index (χ1v) is 8.80. The summed E-state index contributed by atoms with van der Waals surface area (Å²) in [4.78, 5) is 24.0. The minimum Gasteiger partial charge on any atom is -0.356 e. The molecule has 4 nitrogen and oxygen atoms in total. The van der Waals surface area contributed by atoms with E-state index >= 15 is 0 Å². The third kappa shape index (κ3) is 4.27. The summed E-state index contributed by atoms with van der Waals surface area (Å²) in [6.07, 6.45) is 1.27. The molecule has 4 heteroatoms. The van der Waals surface area contributed by atoms with Gasteiger partial charge in [-0.1, -0.05) is 36.4 Å². The van der Waals surface area contributed by atoms with E-state index in [9.17, 15) is 9.59 Å². The zero-order valence-corrected chi connectivity index (χ0v) is 14.7. The predicted molar refractivity (Wildman–Crippen MR) is 99.5 cm³/mol. The largest absolute Gasteiger partial charge is 0.356 e. The molecule has 2 amide bonds. The van der Waals surface area contributed by atoms with Crippen LogP contribution in [0.5, 0.6) is 0 Å². The van der Waals surface area contributed by atoms with Gasteiger partial charge in [0.25, 0.3) is 0 Å². The smallest absolute Gasteiger partial charge is 0.228 e. The second-order valence-electron chi connectivity index (χ2n) is 6.62. The lowest BCUT2D eigenvalue weighted by molar-refractivity contribution is -0.120. The monoisotopic (exact) mass is 336 g/mol. The van der Waals surface area contributed by atoms with E-state index in [4.69, 9.17) is 0 Å². The van der Waals surface area contributed by atoms with Crippen molar-refractivity contribution in [2.75, 3.05) is 11.9 Å². The van der Waals surface area contributed by atoms with Gasteiger partial charge in [0.1, 0.15) is 0 Å². The Balaban J connectivity index is 1.55. The van der Waals surface area contributed by atoms with Crippen LogP contribution in [0, 0.1) is 12.8 Å². The molecule has 0 heterocycles. The quantitative estimate of drug-likeness (QED) is 0.849. The Morgan fingerprint density at radius 3 is 2.48 bits per heavy atom. The van der Waals surface area contributed by atoms with E-state index in [0.717, 1.165) is 17.7 Å². The number of carbonyl (C=O) groups excluding carboxylic acids is 2. The molecule has 0 aromatic heterocycles. The Bertz CT molecular complexity index is 768. The van der Waals surface area contributed by atoms with Crippen LogP contribution in [0.15, 0.2) is 48.5 Å². The summed E-state index contributed by atoms with van der Waals surface area (Å²) in [7, 11) is 0. The molecule has 130 valence electrons. The van der Waals surface area contributed by atoms with Gasteiger partial charge in [0.15, 0.2) is 0 Å². The SMILES string of the molecule is CCNC(=O)Cc1ccc(NC(=O)C2CC2c2ccccc2C)cc1. The fraction of sp³-hybridized carbons (Fsp3) is 0.333. The number of likely N-dealkylation sites (N-methyl/N-ethyl adjacent to an activating group) is 1. The molecule has 3 rings (SSSR count). The van der Waals surface area contributed by atoms with E-state index in [0.29, 0.717) is 18.9 Å². The van der Waals surface area contributed by atoms with Crippen molar-refractivity contribution >= 4 is 17.5 Å². The van der Waals surface area contributed by atoms with Gasteiger partial charge in [-0.25, -0.2) is 0 Å². The van der Waals surface area contributed by atoms with Gasteiger partial charge in [-0.2, -0.15) is 0 Å². The minimum atomic E-state index is 0.0124. The number of hydrogen-bond donors (Lipinski definition) is 2. The number of aryl methyl sites for hydroxylation is 1. The van der Waals surface area contributed by atoms with Crippen LogP contribution in [0.3, 0.4) is 0 Å². The van der Waals surface area contributed by atoms with E-state index < -0.39 is 0 Å². The standard InChI is InChI=1S/C21H24N2O2/c1-3-22-20(24)12-15-8-10-16(11-9-15)23-21(25)19-13-18(19)17-7-5-4-6-14(17)2/h4-11,18-19H,3,12-13H2,1-2H3,(H,22,24)(H,23,25). The molecular formula is C21H24N2O2. The second-order valence-corrected chi connectivity index (χ2v) is 6.62. The Hall–Kier alpha value is -2.62. The van der Waals surface area contributed by atoms with Crippen molar-refractivity contribution < 1.29 is 9.59 Å². The summed E-state index contributed by atoms with van der Waals surface area (Å²) in [5, 5.41) is 5.77.